The van der Waals surface area contributed by atoms with E-state index in [1.807, 2.05) is 0 Å². The molecule has 0 spiro atoms. The summed E-state index contributed by atoms with van der Waals surface area (Å²) in [5.41, 5.74) is 0.665. The largest absolute Gasteiger partial charge is 0.478 e. The summed E-state index contributed by atoms with van der Waals surface area (Å²) < 4.78 is 40.8. The normalized spacial score (nSPS) is 11.2. The molecule has 2 heterocycles. The number of benzene rings is 1. The van der Waals surface area contributed by atoms with Gasteiger partial charge in [0.15, 0.2) is 5.82 Å². The van der Waals surface area contributed by atoms with E-state index in [0.29, 0.717) is 24.4 Å². The zero-order chi connectivity index (χ0) is 23.0. The molecule has 2 aromatic heterocycles. The fourth-order valence-corrected chi connectivity index (χ4v) is 4.69. The Bertz CT molecular complexity index is 1170. The predicted molar refractivity (Wildman–Crippen MR) is 112 cm³/mol. The van der Waals surface area contributed by atoms with Gasteiger partial charge in [0.1, 0.15) is 5.82 Å². The molecule has 0 saturated carbocycles. The van der Waals surface area contributed by atoms with Gasteiger partial charge in [-0.1, -0.05) is 12.1 Å². The van der Waals surface area contributed by atoms with Crippen LogP contribution in [-0.4, -0.2) is 46.6 Å². The Morgan fingerprint density at radius 3 is 2.35 bits per heavy atom. The quantitative estimate of drug-likeness (QED) is 0.450. The molecule has 0 radical (unpaired) electrons. The smallest absolute Gasteiger partial charge is 0.328 e. The monoisotopic (exact) mass is 467 g/mol. The molecule has 9 nitrogen and oxygen atoms in total. The zero-order valence-electron chi connectivity index (χ0n) is 16.1. The minimum Gasteiger partial charge on any atom is -0.478 e. The van der Waals surface area contributed by atoms with Gasteiger partial charge < -0.3 is 15.5 Å². The van der Waals surface area contributed by atoms with Crippen LogP contribution in [0.2, 0.25) is 0 Å². The van der Waals surface area contributed by atoms with Crippen LogP contribution in [0.5, 0.6) is 0 Å². The second kappa shape index (κ2) is 10.6. The average Bonchev–Trinajstić information content (AvgIpc) is 3.38. The number of imidazole rings is 1. The van der Waals surface area contributed by atoms with Crippen LogP contribution in [0.3, 0.4) is 0 Å². The fourth-order valence-electron chi connectivity index (χ4n) is 2.34. The molecular weight excluding hydrogens is 449 g/mol. The van der Waals surface area contributed by atoms with Gasteiger partial charge in [0.05, 0.1) is 16.2 Å². The van der Waals surface area contributed by atoms with Crippen molar-refractivity contribution >= 4 is 33.3 Å². The minimum absolute atomic E-state index is 0.0690. The molecular formula is C19H18FN3O6S2. The van der Waals surface area contributed by atoms with Crippen molar-refractivity contribution in [3.8, 4) is 11.4 Å². The molecule has 0 amide bonds. The van der Waals surface area contributed by atoms with E-state index in [2.05, 4.69) is 10.3 Å². The van der Waals surface area contributed by atoms with E-state index in [0.717, 1.165) is 3.97 Å². The summed E-state index contributed by atoms with van der Waals surface area (Å²) >= 11 is 1.28. The molecule has 0 atom stereocenters. The molecule has 164 valence electrons. The van der Waals surface area contributed by atoms with Gasteiger partial charge in [-0.3, -0.25) is 0 Å². The molecule has 0 saturated heterocycles. The maximum absolute atomic E-state index is 14.1. The van der Waals surface area contributed by atoms with Gasteiger partial charge in [0, 0.05) is 30.3 Å². The molecule has 3 rings (SSSR count). The highest BCUT2D eigenvalue weighted by Crippen LogP contribution is 2.27. The van der Waals surface area contributed by atoms with Crippen LogP contribution in [-0.2, 0) is 26.2 Å². The maximum Gasteiger partial charge on any atom is 0.328 e. The number of carbonyl (C=O) groups is 2. The molecule has 1 aromatic carbocycles. The third-order valence-electron chi connectivity index (χ3n) is 3.62. The molecule has 0 aliphatic carbocycles. The Balaban J connectivity index is 0.000000366. The molecule has 0 aliphatic rings. The van der Waals surface area contributed by atoms with Gasteiger partial charge in [-0.15, -0.1) is 0 Å². The Hall–Kier alpha value is -3.35. The first-order valence-corrected chi connectivity index (χ1v) is 10.9. The summed E-state index contributed by atoms with van der Waals surface area (Å²) in [5.74, 6) is -2.96. The highest BCUT2D eigenvalue weighted by atomic mass is 32.2. The number of halogens is 1. The molecule has 31 heavy (non-hydrogen) atoms. The SMILES string of the molecule is CNCc1cn(S(=O)(=O)c2ccsc2)c(-c2ccccc2F)n1.O=C(O)C=CC(=O)O. The fraction of sp³-hybridized carbons (Fsp3) is 0.105. The van der Waals surface area contributed by atoms with Crippen molar-refractivity contribution in [2.24, 2.45) is 0 Å². The van der Waals surface area contributed by atoms with Crippen LogP contribution in [0.4, 0.5) is 4.39 Å². The van der Waals surface area contributed by atoms with E-state index < -0.39 is 27.8 Å². The maximum atomic E-state index is 14.1. The lowest BCUT2D eigenvalue weighted by Gasteiger charge is -2.08. The predicted octanol–water partition coefficient (Wildman–Crippen LogP) is 2.42. The van der Waals surface area contributed by atoms with Gasteiger partial charge in [-0.2, -0.15) is 11.3 Å². The highest BCUT2D eigenvalue weighted by molar-refractivity contribution is 7.90. The van der Waals surface area contributed by atoms with Crippen molar-refractivity contribution in [2.75, 3.05) is 7.05 Å². The van der Waals surface area contributed by atoms with Gasteiger partial charge in [0.25, 0.3) is 10.0 Å². The van der Waals surface area contributed by atoms with Crippen molar-refractivity contribution < 1.29 is 32.6 Å². The number of carboxylic acid groups (broad SMARTS) is 2. The standard InChI is InChI=1S/C15H14FN3O2S2.C4H4O4/c1-17-8-11-9-19(23(20,21)12-6-7-22-10-12)15(18-11)13-4-2-3-5-14(13)16;5-3(6)1-2-4(7)8/h2-7,9-10,17H,8H2,1H3;1-2H,(H,5,6)(H,7,8). The highest BCUT2D eigenvalue weighted by Gasteiger charge is 2.24. The number of hydrogen-bond acceptors (Lipinski definition) is 7. The van der Waals surface area contributed by atoms with E-state index in [-0.39, 0.29) is 16.3 Å². The van der Waals surface area contributed by atoms with Crippen LogP contribution in [0, 0.1) is 5.82 Å². The van der Waals surface area contributed by atoms with E-state index >= 15 is 0 Å². The van der Waals surface area contributed by atoms with Crippen LogP contribution in [0.15, 0.2) is 64.3 Å². The van der Waals surface area contributed by atoms with Crippen molar-refractivity contribution in [2.45, 2.75) is 11.4 Å². The van der Waals surface area contributed by atoms with Crippen LogP contribution >= 0.6 is 11.3 Å². The Morgan fingerprint density at radius 2 is 1.84 bits per heavy atom. The Morgan fingerprint density at radius 1 is 1.19 bits per heavy atom. The lowest BCUT2D eigenvalue weighted by atomic mass is 10.2. The lowest BCUT2D eigenvalue weighted by Crippen LogP contribution is -2.13. The third-order valence-corrected chi connectivity index (χ3v) is 6.10. The van der Waals surface area contributed by atoms with Gasteiger partial charge in [-0.05, 0) is 30.6 Å². The molecule has 0 fully saturated rings. The summed E-state index contributed by atoms with van der Waals surface area (Å²) in [4.78, 5) is 23.6. The molecule has 3 N–H and O–H groups in total. The number of carboxylic acids is 2. The van der Waals surface area contributed by atoms with Crippen LogP contribution < -0.4 is 5.32 Å². The lowest BCUT2D eigenvalue weighted by molar-refractivity contribution is -0.134. The first-order chi connectivity index (χ1) is 14.7. The first kappa shape index (κ1) is 23.9. The summed E-state index contributed by atoms with van der Waals surface area (Å²) in [6, 6.07) is 7.51. The summed E-state index contributed by atoms with van der Waals surface area (Å²) in [5, 5.41) is 21.8. The van der Waals surface area contributed by atoms with Crippen molar-refractivity contribution in [3.63, 3.8) is 0 Å². The number of aromatic nitrogens is 2. The molecule has 0 aliphatic heterocycles. The number of rotatable bonds is 7. The number of aliphatic carboxylic acids is 2. The molecule has 12 heteroatoms. The second-order valence-corrected chi connectivity index (χ2v) is 8.43. The number of thiophene rings is 1. The molecule has 0 bridgehead atoms. The number of nitrogens with zero attached hydrogens (tertiary/aromatic N) is 2. The van der Waals surface area contributed by atoms with Gasteiger partial charge in [-0.25, -0.2) is 31.4 Å². The van der Waals surface area contributed by atoms with Crippen LogP contribution in [0.1, 0.15) is 5.69 Å². The second-order valence-electron chi connectivity index (χ2n) is 5.84. The molecule has 3 aromatic rings. The number of hydrogen-bond donors (Lipinski definition) is 3. The topological polar surface area (TPSA) is 139 Å². The van der Waals surface area contributed by atoms with Crippen LogP contribution in [0.25, 0.3) is 11.4 Å². The van der Waals surface area contributed by atoms with Gasteiger partial charge >= 0.3 is 11.9 Å². The van der Waals surface area contributed by atoms with E-state index in [1.54, 1.807) is 24.6 Å². The minimum atomic E-state index is -3.82. The zero-order valence-corrected chi connectivity index (χ0v) is 17.7. The number of nitrogens with one attached hydrogen (secondary N) is 1. The third kappa shape index (κ3) is 6.31. The van der Waals surface area contributed by atoms with Gasteiger partial charge in [0.2, 0.25) is 0 Å². The first-order valence-electron chi connectivity index (χ1n) is 8.56. The summed E-state index contributed by atoms with van der Waals surface area (Å²) in [7, 11) is -2.09. The molecule has 0 unspecified atom stereocenters. The van der Waals surface area contributed by atoms with Crippen molar-refractivity contribution in [1.29, 1.82) is 0 Å². The Labute approximate surface area is 181 Å². The average molecular weight is 468 g/mol. The Kier molecular flexibility index (Phi) is 8.19. The van der Waals surface area contributed by atoms with E-state index in [9.17, 15) is 22.4 Å². The summed E-state index contributed by atoms with van der Waals surface area (Å²) in [6.07, 6.45) is 2.54. The summed E-state index contributed by atoms with van der Waals surface area (Å²) in [6.45, 7) is 0.383. The van der Waals surface area contributed by atoms with Crippen molar-refractivity contribution in [3.05, 3.63) is 71.0 Å². The van der Waals surface area contributed by atoms with Crippen molar-refractivity contribution in [1.82, 2.24) is 14.3 Å². The van der Waals surface area contributed by atoms with E-state index in [1.165, 1.54) is 41.1 Å². The van der Waals surface area contributed by atoms with E-state index in [4.69, 9.17) is 10.2 Å².